The van der Waals surface area contributed by atoms with Gasteiger partial charge in [-0.1, -0.05) is 5.16 Å². The monoisotopic (exact) mass is 348 g/mol. The number of piperidine rings is 1. The van der Waals surface area contributed by atoms with E-state index in [0.717, 1.165) is 32.2 Å². The van der Waals surface area contributed by atoms with Gasteiger partial charge in [0.2, 0.25) is 11.8 Å². The summed E-state index contributed by atoms with van der Waals surface area (Å²) in [6, 6.07) is -0.114. The number of methoxy groups -OCH3 is 1. The predicted octanol–water partition coefficient (Wildman–Crippen LogP) is 1.38. The van der Waals surface area contributed by atoms with Gasteiger partial charge in [0.1, 0.15) is 18.7 Å². The number of amides is 1. The number of carbonyl (C=O) groups excluding carboxylic acids is 1. The molecule has 9 heteroatoms. The van der Waals surface area contributed by atoms with Crippen LogP contribution in [0.4, 0.5) is 0 Å². The van der Waals surface area contributed by atoms with Crippen molar-refractivity contribution in [2.75, 3.05) is 20.3 Å². The summed E-state index contributed by atoms with van der Waals surface area (Å²) in [5, 5.41) is 8.05. The van der Waals surface area contributed by atoms with Crippen LogP contribution < -0.4 is 0 Å². The quantitative estimate of drug-likeness (QED) is 0.710. The molecule has 0 spiro atoms. The molecule has 2 aromatic rings. The normalized spacial score (nSPS) is 17.8. The lowest BCUT2D eigenvalue weighted by Gasteiger charge is -2.33. The van der Waals surface area contributed by atoms with Crippen LogP contribution in [-0.4, -0.2) is 56.0 Å². The molecule has 9 nitrogen and oxygen atoms in total. The molecule has 136 valence electrons. The zero-order valence-corrected chi connectivity index (χ0v) is 14.5. The van der Waals surface area contributed by atoms with Gasteiger partial charge in [0.05, 0.1) is 6.61 Å². The lowest BCUT2D eigenvalue weighted by molar-refractivity contribution is -0.135. The highest BCUT2D eigenvalue weighted by atomic mass is 16.5. The van der Waals surface area contributed by atoms with Gasteiger partial charge in [-0.15, -0.1) is 0 Å². The molecule has 0 radical (unpaired) electrons. The first-order chi connectivity index (χ1) is 12.3. The lowest BCUT2D eigenvalue weighted by atomic mass is 10.0. The average molecular weight is 348 g/mol. The molecule has 0 N–H and O–H groups in total. The number of hydrogen-bond acceptors (Lipinski definition) is 7. The van der Waals surface area contributed by atoms with Gasteiger partial charge in [-0.25, -0.2) is 4.98 Å². The summed E-state index contributed by atoms with van der Waals surface area (Å²) in [4.78, 5) is 22.9. The summed E-state index contributed by atoms with van der Waals surface area (Å²) in [7, 11) is 1.64. The number of nitrogens with zero attached hydrogens (tertiary/aromatic N) is 6. The Kier molecular flexibility index (Phi) is 6.10. The maximum Gasteiger partial charge on any atom is 0.249 e. The number of aromatic nitrogens is 5. The molecule has 1 amide bonds. The third-order valence-electron chi connectivity index (χ3n) is 4.37. The molecule has 2 aromatic heterocycles. The Morgan fingerprint density at radius 2 is 2.36 bits per heavy atom. The van der Waals surface area contributed by atoms with Crippen molar-refractivity contribution in [1.82, 2.24) is 29.8 Å². The molecule has 1 aliphatic heterocycles. The molecule has 0 saturated carbocycles. The maximum absolute atomic E-state index is 12.7. The predicted molar refractivity (Wildman–Crippen MR) is 87.4 cm³/mol. The minimum atomic E-state index is -0.114. The zero-order chi connectivity index (χ0) is 17.5. The largest absolute Gasteiger partial charge is 0.384 e. The van der Waals surface area contributed by atoms with Crippen LogP contribution >= 0.6 is 0 Å². The third kappa shape index (κ3) is 4.62. The van der Waals surface area contributed by atoms with Gasteiger partial charge in [-0.05, 0) is 25.7 Å². The van der Waals surface area contributed by atoms with Crippen molar-refractivity contribution in [3.05, 3.63) is 24.4 Å². The van der Waals surface area contributed by atoms with E-state index in [2.05, 4.69) is 20.2 Å². The van der Waals surface area contributed by atoms with Gasteiger partial charge in [0.15, 0.2) is 5.82 Å². The second-order valence-electron chi connectivity index (χ2n) is 6.15. The number of aryl methyl sites for hydroxylation is 1. The highest BCUT2D eigenvalue weighted by Crippen LogP contribution is 2.30. The summed E-state index contributed by atoms with van der Waals surface area (Å²) in [6.07, 6.45) is 7.90. The van der Waals surface area contributed by atoms with Gasteiger partial charge in [-0.2, -0.15) is 10.1 Å². The van der Waals surface area contributed by atoms with E-state index in [1.54, 1.807) is 18.1 Å². The van der Waals surface area contributed by atoms with Crippen molar-refractivity contribution < 1.29 is 14.1 Å². The van der Waals surface area contributed by atoms with E-state index in [0.29, 0.717) is 37.7 Å². The molecule has 0 aromatic carbocycles. The van der Waals surface area contributed by atoms with Crippen LogP contribution in [0.15, 0.2) is 17.2 Å². The van der Waals surface area contributed by atoms with Gasteiger partial charge in [-0.3, -0.25) is 9.48 Å². The van der Waals surface area contributed by atoms with E-state index < -0.39 is 0 Å². The third-order valence-corrected chi connectivity index (χ3v) is 4.37. The van der Waals surface area contributed by atoms with Crippen LogP contribution in [-0.2, 0) is 22.5 Å². The summed E-state index contributed by atoms with van der Waals surface area (Å²) in [5.41, 5.74) is 0. The Bertz CT molecular complexity index is 657. The molecule has 3 rings (SSSR count). The number of ether oxygens (including phenoxy) is 1. The van der Waals surface area contributed by atoms with Crippen LogP contribution in [0.5, 0.6) is 0 Å². The fourth-order valence-corrected chi connectivity index (χ4v) is 3.07. The van der Waals surface area contributed by atoms with Crippen LogP contribution in [0.1, 0.15) is 49.9 Å². The summed E-state index contributed by atoms with van der Waals surface area (Å²) in [6.45, 7) is 1.98. The van der Waals surface area contributed by atoms with Crippen LogP contribution in [0.3, 0.4) is 0 Å². The van der Waals surface area contributed by atoms with Crippen LogP contribution in [0, 0.1) is 0 Å². The molecule has 25 heavy (non-hydrogen) atoms. The SMILES string of the molecule is COCCc1noc(C2CCCCN2C(=O)CCCn2cncn2)n1. The first-order valence-corrected chi connectivity index (χ1v) is 8.71. The van der Waals surface area contributed by atoms with E-state index in [4.69, 9.17) is 9.26 Å². The number of rotatable bonds is 8. The Hall–Kier alpha value is -2.29. The second kappa shape index (κ2) is 8.70. The fraction of sp³-hybridized carbons (Fsp3) is 0.688. The number of carbonyl (C=O) groups is 1. The smallest absolute Gasteiger partial charge is 0.249 e. The van der Waals surface area contributed by atoms with Gasteiger partial charge in [0, 0.05) is 33.0 Å². The summed E-state index contributed by atoms with van der Waals surface area (Å²) in [5.74, 6) is 1.29. The minimum absolute atomic E-state index is 0.114. The fourth-order valence-electron chi connectivity index (χ4n) is 3.07. The summed E-state index contributed by atoms with van der Waals surface area (Å²) >= 11 is 0. The van der Waals surface area contributed by atoms with E-state index in [1.807, 2.05) is 4.90 Å². The lowest BCUT2D eigenvalue weighted by Crippen LogP contribution is -2.38. The van der Waals surface area contributed by atoms with E-state index in [1.165, 1.54) is 6.33 Å². The molecular weight excluding hydrogens is 324 g/mol. The molecule has 1 unspecified atom stereocenters. The van der Waals surface area contributed by atoms with Crippen molar-refractivity contribution in [2.24, 2.45) is 0 Å². The van der Waals surface area contributed by atoms with E-state index >= 15 is 0 Å². The maximum atomic E-state index is 12.7. The van der Waals surface area contributed by atoms with Crippen molar-refractivity contribution in [1.29, 1.82) is 0 Å². The van der Waals surface area contributed by atoms with Crippen molar-refractivity contribution in [3.63, 3.8) is 0 Å². The van der Waals surface area contributed by atoms with Gasteiger partial charge < -0.3 is 14.2 Å². The Balaban J connectivity index is 1.57. The molecule has 1 aliphatic rings. The molecule has 0 bridgehead atoms. The first kappa shape index (κ1) is 17.5. The first-order valence-electron chi connectivity index (χ1n) is 8.71. The zero-order valence-electron chi connectivity index (χ0n) is 14.5. The Labute approximate surface area is 146 Å². The Morgan fingerprint density at radius 1 is 1.44 bits per heavy atom. The van der Waals surface area contributed by atoms with E-state index in [-0.39, 0.29) is 11.9 Å². The topological polar surface area (TPSA) is 99.2 Å². The molecule has 3 heterocycles. The minimum Gasteiger partial charge on any atom is -0.384 e. The highest BCUT2D eigenvalue weighted by Gasteiger charge is 2.31. The highest BCUT2D eigenvalue weighted by molar-refractivity contribution is 5.76. The van der Waals surface area contributed by atoms with E-state index in [9.17, 15) is 4.79 Å². The summed E-state index contributed by atoms with van der Waals surface area (Å²) < 4.78 is 12.2. The van der Waals surface area contributed by atoms with Crippen LogP contribution in [0.2, 0.25) is 0 Å². The molecule has 1 saturated heterocycles. The second-order valence-corrected chi connectivity index (χ2v) is 6.15. The molecular formula is C16H24N6O3. The average Bonchev–Trinajstić information content (AvgIpc) is 3.32. The van der Waals surface area contributed by atoms with Gasteiger partial charge >= 0.3 is 0 Å². The molecule has 0 aliphatic carbocycles. The number of likely N-dealkylation sites (tertiary alicyclic amines) is 1. The van der Waals surface area contributed by atoms with Crippen molar-refractivity contribution in [2.45, 2.75) is 51.1 Å². The van der Waals surface area contributed by atoms with Crippen LogP contribution in [0.25, 0.3) is 0 Å². The van der Waals surface area contributed by atoms with Gasteiger partial charge in [0.25, 0.3) is 0 Å². The molecule has 1 atom stereocenters. The van der Waals surface area contributed by atoms with Crippen molar-refractivity contribution >= 4 is 5.91 Å². The Morgan fingerprint density at radius 3 is 3.16 bits per heavy atom. The number of hydrogen-bond donors (Lipinski definition) is 0. The standard InChI is InChI=1S/C16H24N6O3/c1-24-10-7-14-19-16(25-20-14)13-5-2-3-9-22(13)15(23)6-4-8-21-12-17-11-18-21/h11-13H,2-10H2,1H3. The molecule has 1 fully saturated rings. The van der Waals surface area contributed by atoms with Crippen molar-refractivity contribution in [3.8, 4) is 0 Å².